The number of pyridine rings is 2. The Labute approximate surface area is 159 Å². The second kappa shape index (κ2) is 7.03. The van der Waals surface area contributed by atoms with Crippen molar-refractivity contribution in [3.05, 3.63) is 84.2 Å². The highest BCUT2D eigenvalue weighted by Crippen LogP contribution is 2.36. The van der Waals surface area contributed by atoms with Crippen LogP contribution in [0.2, 0.25) is 0 Å². The Hall–Kier alpha value is -3.28. The molecule has 0 aliphatic heterocycles. The van der Waals surface area contributed by atoms with Crippen molar-refractivity contribution in [2.75, 3.05) is 7.11 Å². The number of alkyl halides is 3. The van der Waals surface area contributed by atoms with Crippen LogP contribution >= 0.6 is 0 Å². The zero-order valence-electron chi connectivity index (χ0n) is 15.0. The lowest BCUT2D eigenvalue weighted by molar-refractivity contribution is -0.512. The van der Waals surface area contributed by atoms with Crippen molar-refractivity contribution in [2.45, 2.75) is 12.8 Å². The number of aromatic nitrogens is 1. The molecular weight excluding hydrogens is 367 g/mol. The standard InChI is InChI=1S/C22H17F3NO2/c1-27-21-19-11-18-9-8-17(22(23,24)25)13-26(18)12-16(19)7-10-20(21)28-14-15-5-3-2-4-6-15/h2-13H,14H2,1H3/q+1. The number of ether oxygens (including phenoxy) is 2. The number of hydrogen-bond donors (Lipinski definition) is 0. The molecule has 0 aliphatic rings. The van der Waals surface area contributed by atoms with E-state index in [1.54, 1.807) is 25.4 Å². The lowest BCUT2D eigenvalue weighted by Crippen LogP contribution is -2.23. The quantitative estimate of drug-likeness (QED) is 0.357. The molecule has 0 saturated heterocycles. The fraction of sp³-hybridized carbons (Fsp3) is 0.136. The van der Waals surface area contributed by atoms with Gasteiger partial charge in [0.15, 0.2) is 23.9 Å². The van der Waals surface area contributed by atoms with Gasteiger partial charge in [0.25, 0.3) is 0 Å². The predicted molar refractivity (Wildman–Crippen MR) is 99.4 cm³/mol. The number of rotatable bonds is 4. The summed E-state index contributed by atoms with van der Waals surface area (Å²) in [5.41, 5.74) is 0.955. The van der Waals surface area contributed by atoms with Gasteiger partial charge < -0.3 is 9.47 Å². The minimum Gasteiger partial charge on any atom is -0.492 e. The summed E-state index contributed by atoms with van der Waals surface area (Å²) in [5.74, 6) is 1.13. The zero-order valence-corrected chi connectivity index (χ0v) is 15.0. The molecule has 4 aromatic rings. The van der Waals surface area contributed by atoms with Crippen molar-refractivity contribution >= 4 is 16.3 Å². The number of nitrogens with zero attached hydrogens (tertiary/aromatic N) is 1. The number of fused-ring (bicyclic) bond motifs is 2. The number of hydrogen-bond acceptors (Lipinski definition) is 2. The summed E-state index contributed by atoms with van der Waals surface area (Å²) in [6.07, 6.45) is -1.65. The summed E-state index contributed by atoms with van der Waals surface area (Å²) in [7, 11) is 1.55. The molecular formula is C22H17F3NO2+. The molecule has 142 valence electrons. The van der Waals surface area contributed by atoms with Crippen molar-refractivity contribution < 1.29 is 27.0 Å². The summed E-state index contributed by atoms with van der Waals surface area (Å²) in [6.45, 7) is 0.389. The first-order valence-corrected chi connectivity index (χ1v) is 8.65. The van der Waals surface area contributed by atoms with Gasteiger partial charge in [-0.15, -0.1) is 0 Å². The van der Waals surface area contributed by atoms with Gasteiger partial charge >= 0.3 is 6.18 Å². The number of halogens is 3. The third kappa shape index (κ3) is 3.45. The van der Waals surface area contributed by atoms with Gasteiger partial charge in [0, 0.05) is 17.5 Å². The summed E-state index contributed by atoms with van der Waals surface area (Å²) < 4.78 is 51.9. The van der Waals surface area contributed by atoms with Gasteiger partial charge in [0.2, 0.25) is 5.52 Å². The van der Waals surface area contributed by atoms with Gasteiger partial charge in [-0.05, 0) is 23.8 Å². The maximum Gasteiger partial charge on any atom is 0.422 e. The number of methoxy groups -OCH3 is 1. The van der Waals surface area contributed by atoms with Gasteiger partial charge in [-0.3, -0.25) is 0 Å². The summed E-state index contributed by atoms with van der Waals surface area (Å²) in [4.78, 5) is 0. The van der Waals surface area contributed by atoms with E-state index in [0.717, 1.165) is 28.6 Å². The average molecular weight is 384 g/mol. The lowest BCUT2D eigenvalue weighted by atomic mass is 10.1. The average Bonchev–Trinajstić information content (AvgIpc) is 2.70. The summed E-state index contributed by atoms with van der Waals surface area (Å²) >= 11 is 0. The van der Waals surface area contributed by atoms with E-state index in [1.807, 2.05) is 36.4 Å². The molecule has 0 spiro atoms. The second-order valence-corrected chi connectivity index (χ2v) is 6.40. The molecule has 0 amide bonds. The molecule has 0 bridgehead atoms. The van der Waals surface area contributed by atoms with Crippen molar-refractivity contribution in [3.8, 4) is 11.5 Å². The van der Waals surface area contributed by atoms with Gasteiger partial charge in [-0.2, -0.15) is 17.6 Å². The van der Waals surface area contributed by atoms with E-state index in [4.69, 9.17) is 9.47 Å². The molecule has 28 heavy (non-hydrogen) atoms. The molecule has 0 radical (unpaired) electrons. The van der Waals surface area contributed by atoms with Crippen LogP contribution in [0.4, 0.5) is 13.2 Å². The molecule has 2 aromatic carbocycles. The van der Waals surface area contributed by atoms with E-state index in [2.05, 4.69) is 0 Å². The SMILES string of the molecule is COc1c(OCc2ccccc2)ccc2c[n+]3cc(C(F)(F)F)ccc3cc12. The van der Waals surface area contributed by atoms with E-state index in [0.29, 0.717) is 23.6 Å². The monoisotopic (exact) mass is 384 g/mol. The van der Waals surface area contributed by atoms with E-state index in [-0.39, 0.29) is 0 Å². The molecule has 4 rings (SSSR count). The second-order valence-electron chi connectivity index (χ2n) is 6.40. The Bertz CT molecular complexity index is 1140. The zero-order chi connectivity index (χ0) is 19.7. The third-order valence-electron chi connectivity index (χ3n) is 4.54. The Morgan fingerprint density at radius 1 is 0.929 bits per heavy atom. The number of benzene rings is 2. The Morgan fingerprint density at radius 3 is 2.43 bits per heavy atom. The summed E-state index contributed by atoms with van der Waals surface area (Å²) in [5, 5.41) is 1.52. The van der Waals surface area contributed by atoms with Crippen LogP contribution in [0.1, 0.15) is 11.1 Å². The van der Waals surface area contributed by atoms with Crippen LogP contribution in [0.15, 0.2) is 73.1 Å². The summed E-state index contributed by atoms with van der Waals surface area (Å²) in [6, 6.07) is 17.6. The Balaban J connectivity index is 1.76. The maximum absolute atomic E-state index is 13.0. The van der Waals surface area contributed by atoms with Crippen LogP contribution in [0.5, 0.6) is 11.5 Å². The highest BCUT2D eigenvalue weighted by atomic mass is 19.4. The van der Waals surface area contributed by atoms with Gasteiger partial charge in [-0.25, -0.2) is 0 Å². The first-order valence-electron chi connectivity index (χ1n) is 8.65. The fourth-order valence-electron chi connectivity index (χ4n) is 3.14. The molecule has 0 fully saturated rings. The molecule has 0 aliphatic carbocycles. The van der Waals surface area contributed by atoms with Crippen molar-refractivity contribution in [3.63, 3.8) is 0 Å². The topological polar surface area (TPSA) is 22.6 Å². The van der Waals surface area contributed by atoms with Crippen LogP contribution < -0.4 is 13.9 Å². The first kappa shape index (κ1) is 18.1. The Morgan fingerprint density at radius 2 is 1.71 bits per heavy atom. The minimum atomic E-state index is -4.39. The molecule has 0 N–H and O–H groups in total. The molecule has 3 nitrogen and oxygen atoms in total. The maximum atomic E-state index is 13.0. The van der Waals surface area contributed by atoms with Crippen molar-refractivity contribution in [2.24, 2.45) is 0 Å². The van der Waals surface area contributed by atoms with Crippen molar-refractivity contribution in [1.29, 1.82) is 0 Å². The molecule has 0 atom stereocenters. The van der Waals surface area contributed by atoms with Crippen LogP contribution in [0.25, 0.3) is 16.3 Å². The minimum absolute atomic E-state index is 0.389. The van der Waals surface area contributed by atoms with E-state index in [9.17, 15) is 13.2 Å². The molecule has 0 saturated carbocycles. The smallest absolute Gasteiger partial charge is 0.422 e. The van der Waals surface area contributed by atoms with Crippen LogP contribution in [0.3, 0.4) is 0 Å². The van der Waals surface area contributed by atoms with Gasteiger partial charge in [-0.1, -0.05) is 30.3 Å². The fourth-order valence-corrected chi connectivity index (χ4v) is 3.14. The molecule has 2 aromatic heterocycles. The normalized spacial score (nSPS) is 11.7. The van der Waals surface area contributed by atoms with Gasteiger partial charge in [0.1, 0.15) is 12.2 Å². The van der Waals surface area contributed by atoms with Crippen LogP contribution in [-0.4, -0.2) is 7.11 Å². The predicted octanol–water partition coefficient (Wildman–Crippen LogP) is 5.18. The molecule has 0 unspecified atom stereocenters. The molecule has 2 heterocycles. The molecule has 6 heteroatoms. The Kier molecular flexibility index (Phi) is 4.55. The first-order chi connectivity index (χ1) is 13.5. The van der Waals surface area contributed by atoms with Crippen LogP contribution in [0, 0.1) is 0 Å². The van der Waals surface area contributed by atoms with E-state index >= 15 is 0 Å². The van der Waals surface area contributed by atoms with Crippen LogP contribution in [-0.2, 0) is 12.8 Å². The van der Waals surface area contributed by atoms with E-state index in [1.165, 1.54) is 10.5 Å². The van der Waals surface area contributed by atoms with E-state index < -0.39 is 11.7 Å². The van der Waals surface area contributed by atoms with Crippen molar-refractivity contribution in [1.82, 2.24) is 0 Å². The highest BCUT2D eigenvalue weighted by Gasteiger charge is 2.33. The lowest BCUT2D eigenvalue weighted by Gasteiger charge is -2.13. The highest BCUT2D eigenvalue weighted by molar-refractivity contribution is 5.91. The van der Waals surface area contributed by atoms with Gasteiger partial charge in [0.05, 0.1) is 12.5 Å². The largest absolute Gasteiger partial charge is 0.492 e. The third-order valence-corrected chi connectivity index (χ3v) is 4.54.